The molecular weight excluding hydrogens is 408 g/mol. The van der Waals surface area contributed by atoms with Crippen molar-refractivity contribution in [3.63, 3.8) is 0 Å². The first-order chi connectivity index (χ1) is 15.5. The molecule has 0 aliphatic heterocycles. The number of ether oxygens (including phenoxy) is 1. The summed E-state index contributed by atoms with van der Waals surface area (Å²) in [7, 11) is 0. The van der Waals surface area contributed by atoms with Gasteiger partial charge in [-0.3, -0.25) is 9.59 Å². The summed E-state index contributed by atoms with van der Waals surface area (Å²) >= 11 is 0. The maximum atomic E-state index is 12.6. The molecule has 32 heavy (non-hydrogen) atoms. The molecule has 2 aliphatic carbocycles. The van der Waals surface area contributed by atoms with E-state index in [1.165, 1.54) is 6.92 Å². The van der Waals surface area contributed by atoms with Crippen molar-refractivity contribution >= 4 is 18.0 Å². The third-order valence-electron chi connectivity index (χ3n) is 6.59. The first-order valence-corrected chi connectivity index (χ1v) is 11.1. The maximum absolute atomic E-state index is 12.6. The SMILES string of the molecule is C[C@H](NC(=O)C(CNC(=O)OCC1c2ccccc2-c2ccccc21)C1CCC1)C(=O)O. The highest BCUT2D eigenvalue weighted by molar-refractivity contribution is 5.85. The lowest BCUT2D eigenvalue weighted by Gasteiger charge is -2.33. The zero-order valence-corrected chi connectivity index (χ0v) is 18.0. The van der Waals surface area contributed by atoms with Crippen LogP contribution in [0.25, 0.3) is 11.1 Å². The van der Waals surface area contributed by atoms with Crippen LogP contribution in [-0.4, -0.2) is 42.3 Å². The minimum Gasteiger partial charge on any atom is -0.480 e. The van der Waals surface area contributed by atoms with Crippen molar-refractivity contribution in [2.75, 3.05) is 13.2 Å². The molecule has 1 fully saturated rings. The van der Waals surface area contributed by atoms with E-state index in [1.807, 2.05) is 24.3 Å². The molecule has 3 N–H and O–H groups in total. The van der Waals surface area contributed by atoms with E-state index in [-0.39, 0.29) is 30.9 Å². The maximum Gasteiger partial charge on any atom is 0.407 e. The van der Waals surface area contributed by atoms with Gasteiger partial charge in [0, 0.05) is 12.5 Å². The lowest BCUT2D eigenvalue weighted by atomic mass is 9.75. The number of nitrogens with one attached hydrogen (secondary N) is 2. The van der Waals surface area contributed by atoms with Gasteiger partial charge in [-0.05, 0) is 47.9 Å². The molecule has 1 saturated carbocycles. The monoisotopic (exact) mass is 436 g/mol. The van der Waals surface area contributed by atoms with E-state index in [1.54, 1.807) is 0 Å². The summed E-state index contributed by atoms with van der Waals surface area (Å²) in [5.74, 6) is -1.79. The van der Waals surface area contributed by atoms with Crippen molar-refractivity contribution in [2.45, 2.75) is 38.1 Å². The molecular formula is C25H28N2O5. The van der Waals surface area contributed by atoms with Gasteiger partial charge in [-0.1, -0.05) is 55.0 Å². The van der Waals surface area contributed by atoms with Crippen LogP contribution in [0.3, 0.4) is 0 Å². The van der Waals surface area contributed by atoms with Crippen molar-refractivity contribution in [1.29, 1.82) is 0 Å². The summed E-state index contributed by atoms with van der Waals surface area (Å²) in [6.45, 7) is 1.76. The first-order valence-electron chi connectivity index (χ1n) is 11.1. The Morgan fingerprint density at radius 3 is 2.16 bits per heavy atom. The van der Waals surface area contributed by atoms with Gasteiger partial charge in [0.2, 0.25) is 5.91 Å². The average Bonchev–Trinajstić information content (AvgIpc) is 3.07. The molecule has 0 radical (unpaired) electrons. The van der Waals surface area contributed by atoms with Crippen LogP contribution in [0.15, 0.2) is 48.5 Å². The van der Waals surface area contributed by atoms with Crippen LogP contribution in [0.2, 0.25) is 0 Å². The first kappa shape index (κ1) is 21.9. The Balaban J connectivity index is 1.35. The van der Waals surface area contributed by atoms with E-state index in [9.17, 15) is 14.4 Å². The number of hydrogen-bond donors (Lipinski definition) is 3. The van der Waals surface area contributed by atoms with Crippen molar-refractivity contribution in [3.05, 3.63) is 59.7 Å². The number of rotatable bonds is 8. The Kier molecular flexibility index (Phi) is 6.44. The van der Waals surface area contributed by atoms with Crippen LogP contribution in [0.5, 0.6) is 0 Å². The van der Waals surface area contributed by atoms with E-state index in [2.05, 4.69) is 34.9 Å². The third-order valence-corrected chi connectivity index (χ3v) is 6.59. The Morgan fingerprint density at radius 1 is 1.03 bits per heavy atom. The molecule has 2 aromatic carbocycles. The Bertz CT molecular complexity index is 971. The second kappa shape index (κ2) is 9.42. The van der Waals surface area contributed by atoms with Gasteiger partial charge in [0.1, 0.15) is 12.6 Å². The Labute approximate surface area is 187 Å². The van der Waals surface area contributed by atoms with Crippen LogP contribution in [-0.2, 0) is 14.3 Å². The fourth-order valence-corrected chi connectivity index (χ4v) is 4.54. The van der Waals surface area contributed by atoms with E-state index in [4.69, 9.17) is 9.84 Å². The smallest absolute Gasteiger partial charge is 0.407 e. The molecule has 0 saturated heterocycles. The number of carboxylic acid groups (broad SMARTS) is 1. The van der Waals surface area contributed by atoms with Gasteiger partial charge in [-0.2, -0.15) is 0 Å². The van der Waals surface area contributed by atoms with Crippen LogP contribution in [0.1, 0.15) is 43.2 Å². The van der Waals surface area contributed by atoms with Gasteiger partial charge in [-0.25, -0.2) is 4.79 Å². The molecule has 4 rings (SSSR count). The molecule has 0 bridgehead atoms. The summed E-state index contributed by atoms with van der Waals surface area (Å²) in [5, 5.41) is 14.3. The number of hydrogen-bond acceptors (Lipinski definition) is 4. The predicted octanol–water partition coefficient (Wildman–Crippen LogP) is 3.53. The molecule has 2 atom stereocenters. The zero-order chi connectivity index (χ0) is 22.7. The lowest BCUT2D eigenvalue weighted by molar-refractivity contribution is -0.142. The largest absolute Gasteiger partial charge is 0.480 e. The number of carboxylic acids is 1. The summed E-state index contributed by atoms with van der Waals surface area (Å²) in [4.78, 5) is 36.1. The molecule has 7 heteroatoms. The summed E-state index contributed by atoms with van der Waals surface area (Å²) in [5.41, 5.74) is 4.59. The van der Waals surface area contributed by atoms with Crippen LogP contribution in [0, 0.1) is 11.8 Å². The average molecular weight is 437 g/mol. The Hall–Kier alpha value is -3.35. The molecule has 7 nitrogen and oxygen atoms in total. The second-order valence-electron chi connectivity index (χ2n) is 8.57. The summed E-state index contributed by atoms with van der Waals surface area (Å²) in [6, 6.07) is 15.3. The molecule has 2 aromatic rings. The third kappa shape index (κ3) is 4.47. The number of carbonyl (C=O) groups excluding carboxylic acids is 2. The predicted molar refractivity (Wildman–Crippen MR) is 119 cm³/mol. The summed E-state index contributed by atoms with van der Waals surface area (Å²) < 4.78 is 5.54. The van der Waals surface area contributed by atoms with Gasteiger partial charge in [0.05, 0.1) is 5.92 Å². The fraction of sp³-hybridized carbons (Fsp3) is 0.400. The topological polar surface area (TPSA) is 105 Å². The van der Waals surface area contributed by atoms with Crippen LogP contribution >= 0.6 is 0 Å². The quantitative estimate of drug-likeness (QED) is 0.587. The minimum absolute atomic E-state index is 0.0321. The van der Waals surface area contributed by atoms with Crippen LogP contribution in [0.4, 0.5) is 4.79 Å². The standard InChI is InChI=1S/C25H28N2O5/c1-15(24(29)30)27-23(28)21(16-7-6-8-16)13-26-25(31)32-14-22-19-11-4-2-9-17(19)18-10-3-5-12-20(18)22/h2-5,9-12,15-16,21-22H,6-8,13-14H2,1H3,(H,26,31)(H,27,28)(H,29,30)/t15-,21?/m0/s1. The number of fused-ring (bicyclic) bond motifs is 3. The van der Waals surface area contributed by atoms with Crippen molar-refractivity contribution in [1.82, 2.24) is 10.6 Å². The van der Waals surface area contributed by atoms with Crippen molar-refractivity contribution in [3.8, 4) is 11.1 Å². The van der Waals surface area contributed by atoms with Gasteiger partial charge < -0.3 is 20.5 Å². The molecule has 1 unspecified atom stereocenters. The van der Waals surface area contributed by atoms with E-state index in [0.29, 0.717) is 0 Å². The van der Waals surface area contributed by atoms with Crippen molar-refractivity contribution < 1.29 is 24.2 Å². The number of carbonyl (C=O) groups is 3. The second-order valence-corrected chi connectivity index (χ2v) is 8.57. The minimum atomic E-state index is -1.09. The van der Waals surface area contributed by atoms with Gasteiger partial charge >= 0.3 is 12.1 Å². The highest BCUT2D eigenvalue weighted by atomic mass is 16.5. The van der Waals surface area contributed by atoms with Crippen molar-refractivity contribution in [2.24, 2.45) is 11.8 Å². The van der Waals surface area contributed by atoms with E-state index in [0.717, 1.165) is 41.5 Å². The number of amides is 2. The van der Waals surface area contributed by atoms with E-state index < -0.39 is 24.0 Å². The molecule has 0 spiro atoms. The molecule has 0 heterocycles. The fourth-order valence-electron chi connectivity index (χ4n) is 4.54. The van der Waals surface area contributed by atoms with E-state index >= 15 is 0 Å². The molecule has 0 aromatic heterocycles. The lowest BCUT2D eigenvalue weighted by Crippen LogP contribution is -2.48. The zero-order valence-electron chi connectivity index (χ0n) is 18.0. The number of aliphatic carboxylic acids is 1. The van der Waals surface area contributed by atoms with Gasteiger partial charge in [-0.15, -0.1) is 0 Å². The number of benzene rings is 2. The number of alkyl carbamates (subject to hydrolysis) is 1. The summed E-state index contributed by atoms with van der Waals surface area (Å²) in [6.07, 6.45) is 2.25. The Morgan fingerprint density at radius 2 is 1.62 bits per heavy atom. The highest BCUT2D eigenvalue weighted by Crippen LogP contribution is 2.44. The molecule has 2 amide bonds. The highest BCUT2D eigenvalue weighted by Gasteiger charge is 2.34. The molecule has 2 aliphatic rings. The van der Waals surface area contributed by atoms with Gasteiger partial charge in [0.25, 0.3) is 0 Å². The normalized spacial score (nSPS) is 16.8. The van der Waals surface area contributed by atoms with Crippen LogP contribution < -0.4 is 10.6 Å². The van der Waals surface area contributed by atoms with Gasteiger partial charge in [0.15, 0.2) is 0 Å². The molecule has 168 valence electrons.